The van der Waals surface area contributed by atoms with E-state index in [2.05, 4.69) is 15.1 Å². The summed E-state index contributed by atoms with van der Waals surface area (Å²) in [5.74, 6) is -7.92. The first-order valence-electron chi connectivity index (χ1n) is 9.22. The molecule has 0 radical (unpaired) electrons. The van der Waals surface area contributed by atoms with Crippen LogP contribution in [0.2, 0.25) is 0 Å². The molecule has 6 nitrogen and oxygen atoms in total. The van der Waals surface area contributed by atoms with E-state index in [4.69, 9.17) is 0 Å². The zero-order chi connectivity index (χ0) is 22.6. The number of nitrogens with one attached hydrogen (secondary N) is 1. The first kappa shape index (κ1) is 19.6. The van der Waals surface area contributed by atoms with Crippen LogP contribution in [0.3, 0.4) is 0 Å². The van der Waals surface area contributed by atoms with Gasteiger partial charge in [-0.1, -0.05) is 30.3 Å². The average molecular weight is 438 g/mol. The van der Waals surface area contributed by atoms with Crippen molar-refractivity contribution in [3.8, 4) is 17.1 Å². The monoisotopic (exact) mass is 438 g/mol. The van der Waals surface area contributed by atoms with Crippen LogP contribution in [0.5, 0.6) is 0 Å². The highest BCUT2D eigenvalue weighted by molar-refractivity contribution is 5.85. The number of para-hydroxylation sites is 3. The Labute approximate surface area is 175 Å². The van der Waals surface area contributed by atoms with Crippen LogP contribution in [0.1, 0.15) is 0 Å². The van der Waals surface area contributed by atoms with Crippen molar-refractivity contribution < 1.29 is 17.6 Å². The molecule has 32 heavy (non-hydrogen) atoms. The summed E-state index contributed by atoms with van der Waals surface area (Å²) in [6.45, 7) is 0. The van der Waals surface area contributed by atoms with Crippen molar-refractivity contribution in [1.29, 1.82) is 0 Å². The van der Waals surface area contributed by atoms with E-state index in [-0.39, 0.29) is 5.69 Å². The maximum Gasteiger partial charge on any atom is 0.276 e. The molecule has 10 heteroatoms. The molecule has 5 aromatic rings. The molecular formula is C22H10F4N4O2. The largest absolute Gasteiger partial charge is 0.319 e. The highest BCUT2D eigenvalue weighted by Crippen LogP contribution is 2.27. The highest BCUT2D eigenvalue weighted by Gasteiger charge is 2.28. The summed E-state index contributed by atoms with van der Waals surface area (Å²) in [6.07, 6.45) is 0. The molecule has 0 spiro atoms. The predicted octanol–water partition coefficient (Wildman–Crippen LogP) is 3.85. The lowest BCUT2D eigenvalue weighted by Gasteiger charge is -2.14. The van der Waals surface area contributed by atoms with Gasteiger partial charge >= 0.3 is 0 Å². The topological polar surface area (TPSA) is 80.6 Å². The lowest BCUT2D eigenvalue weighted by atomic mass is 10.1. The molecule has 0 amide bonds. The lowest BCUT2D eigenvalue weighted by molar-refractivity contribution is 0.415. The van der Waals surface area contributed by atoms with Crippen LogP contribution in [0.15, 0.2) is 64.2 Å². The van der Waals surface area contributed by atoms with Crippen molar-refractivity contribution in [3.05, 3.63) is 98.4 Å². The minimum absolute atomic E-state index is 0.111. The van der Waals surface area contributed by atoms with E-state index in [1.54, 1.807) is 30.3 Å². The van der Waals surface area contributed by atoms with E-state index in [9.17, 15) is 27.2 Å². The first-order chi connectivity index (χ1) is 15.4. The lowest BCUT2D eigenvalue weighted by Crippen LogP contribution is -2.23. The van der Waals surface area contributed by atoms with E-state index in [1.807, 2.05) is 0 Å². The van der Waals surface area contributed by atoms with Crippen LogP contribution >= 0.6 is 0 Å². The molecule has 2 aromatic heterocycles. The summed E-state index contributed by atoms with van der Waals surface area (Å²) in [5, 5.41) is 2.91. The number of aromatic amines is 1. The number of H-pyrrole nitrogens is 1. The predicted molar refractivity (Wildman–Crippen MR) is 109 cm³/mol. The quantitative estimate of drug-likeness (QED) is 0.258. The Balaban J connectivity index is 1.99. The van der Waals surface area contributed by atoms with Gasteiger partial charge in [0.05, 0.1) is 22.1 Å². The normalized spacial score (nSPS) is 11.4. The number of nitrogens with zero attached hydrogens (tertiary/aromatic N) is 3. The molecule has 0 unspecified atom stereocenters. The van der Waals surface area contributed by atoms with E-state index in [0.717, 1.165) is 4.68 Å². The number of aromatic nitrogens is 4. The van der Waals surface area contributed by atoms with E-state index >= 15 is 0 Å². The van der Waals surface area contributed by atoms with Crippen molar-refractivity contribution in [1.82, 2.24) is 19.7 Å². The Hall–Kier alpha value is -4.34. The van der Waals surface area contributed by atoms with Gasteiger partial charge in [-0.25, -0.2) is 27.2 Å². The standard InChI is InChI=1S/C22H10F4N4O2/c23-14-13-20(17(26)16(25)15(14)24)30(10-6-2-1-3-7-10)29-18(21(13)31)19-22(32)28-12-9-5-4-8-11(12)27-19/h1-9H,(H,28,32). The van der Waals surface area contributed by atoms with Crippen molar-refractivity contribution >= 4 is 21.9 Å². The molecular weight excluding hydrogens is 428 g/mol. The van der Waals surface area contributed by atoms with Crippen LogP contribution in [0.25, 0.3) is 39.0 Å². The molecule has 0 aliphatic carbocycles. The van der Waals surface area contributed by atoms with Gasteiger partial charge in [-0.3, -0.25) is 9.59 Å². The molecule has 0 saturated carbocycles. The molecule has 158 valence electrons. The summed E-state index contributed by atoms with van der Waals surface area (Å²) in [7, 11) is 0. The van der Waals surface area contributed by atoms with Gasteiger partial charge in [0, 0.05) is 0 Å². The second kappa shape index (κ2) is 7.12. The van der Waals surface area contributed by atoms with Gasteiger partial charge in [0.25, 0.3) is 5.56 Å². The third-order valence-electron chi connectivity index (χ3n) is 4.92. The average Bonchev–Trinajstić information content (AvgIpc) is 2.81. The summed E-state index contributed by atoms with van der Waals surface area (Å²) in [5.41, 5.74) is -3.39. The molecule has 0 fully saturated rings. The van der Waals surface area contributed by atoms with Gasteiger partial charge in [0.15, 0.2) is 34.7 Å². The number of benzene rings is 3. The number of hydrogen-bond donors (Lipinski definition) is 1. The molecule has 0 aliphatic heterocycles. The number of hydrogen-bond acceptors (Lipinski definition) is 4. The third kappa shape index (κ3) is 2.80. The Bertz CT molecular complexity index is 1660. The Kier molecular flexibility index (Phi) is 4.36. The van der Waals surface area contributed by atoms with Crippen LogP contribution in [0, 0.1) is 23.3 Å². The molecule has 1 N–H and O–H groups in total. The zero-order valence-electron chi connectivity index (χ0n) is 15.9. The molecule has 2 heterocycles. The zero-order valence-corrected chi connectivity index (χ0v) is 15.9. The van der Waals surface area contributed by atoms with E-state index < -0.39 is 56.5 Å². The van der Waals surface area contributed by atoms with Crippen molar-refractivity contribution in [2.45, 2.75) is 0 Å². The van der Waals surface area contributed by atoms with Crippen molar-refractivity contribution in [2.24, 2.45) is 0 Å². The second-order valence-corrected chi connectivity index (χ2v) is 6.84. The fraction of sp³-hybridized carbons (Fsp3) is 0. The molecule has 5 rings (SSSR count). The van der Waals surface area contributed by atoms with Gasteiger partial charge in [-0.05, 0) is 24.3 Å². The number of fused-ring (bicyclic) bond motifs is 2. The molecule has 0 aliphatic rings. The van der Waals surface area contributed by atoms with Crippen LogP contribution < -0.4 is 11.0 Å². The van der Waals surface area contributed by atoms with Gasteiger partial charge < -0.3 is 4.98 Å². The number of rotatable bonds is 2. The first-order valence-corrected chi connectivity index (χ1v) is 9.22. The molecule has 0 bridgehead atoms. The number of halogens is 4. The van der Waals surface area contributed by atoms with Crippen LogP contribution in [-0.2, 0) is 0 Å². The summed E-state index contributed by atoms with van der Waals surface area (Å²) < 4.78 is 58.2. The maximum atomic E-state index is 14.7. The second-order valence-electron chi connectivity index (χ2n) is 6.84. The smallest absolute Gasteiger partial charge is 0.276 e. The van der Waals surface area contributed by atoms with Crippen LogP contribution in [0.4, 0.5) is 17.6 Å². The molecule has 0 atom stereocenters. The minimum atomic E-state index is -2.15. The summed E-state index contributed by atoms with van der Waals surface area (Å²) in [4.78, 5) is 32.4. The van der Waals surface area contributed by atoms with E-state index in [1.165, 1.54) is 24.3 Å². The highest BCUT2D eigenvalue weighted by atomic mass is 19.2. The van der Waals surface area contributed by atoms with Gasteiger partial charge in [-0.15, -0.1) is 0 Å². The molecule has 0 saturated heterocycles. The Morgan fingerprint density at radius 3 is 2.16 bits per heavy atom. The molecule has 3 aromatic carbocycles. The van der Waals surface area contributed by atoms with E-state index in [0.29, 0.717) is 11.0 Å². The van der Waals surface area contributed by atoms with Crippen LogP contribution in [-0.4, -0.2) is 19.7 Å². The third-order valence-corrected chi connectivity index (χ3v) is 4.92. The Morgan fingerprint density at radius 2 is 1.41 bits per heavy atom. The minimum Gasteiger partial charge on any atom is -0.319 e. The van der Waals surface area contributed by atoms with Crippen molar-refractivity contribution in [3.63, 3.8) is 0 Å². The Morgan fingerprint density at radius 1 is 0.750 bits per heavy atom. The fourth-order valence-corrected chi connectivity index (χ4v) is 3.44. The van der Waals surface area contributed by atoms with Gasteiger partial charge in [-0.2, -0.15) is 5.10 Å². The maximum absolute atomic E-state index is 14.7. The summed E-state index contributed by atoms with van der Waals surface area (Å²) in [6, 6.07) is 14.0. The van der Waals surface area contributed by atoms with Gasteiger partial charge in [0.1, 0.15) is 5.52 Å². The van der Waals surface area contributed by atoms with Crippen molar-refractivity contribution in [2.75, 3.05) is 0 Å². The summed E-state index contributed by atoms with van der Waals surface area (Å²) >= 11 is 0. The fourth-order valence-electron chi connectivity index (χ4n) is 3.44. The SMILES string of the molecule is O=c1[nH]c2ccccc2nc1-c1nn(-c2ccccc2)c2c(F)c(F)c(F)c(F)c2c1=O. The van der Waals surface area contributed by atoms with Gasteiger partial charge in [0.2, 0.25) is 5.43 Å².